The molecule has 0 fully saturated rings. The van der Waals surface area contributed by atoms with Crippen LogP contribution < -0.4 is 10.5 Å². The summed E-state index contributed by atoms with van der Waals surface area (Å²) in [7, 11) is -3.54. The Morgan fingerprint density at radius 1 is 1.35 bits per heavy atom. The molecule has 0 saturated carbocycles. The van der Waals surface area contributed by atoms with Crippen molar-refractivity contribution in [3.05, 3.63) is 45.4 Å². The summed E-state index contributed by atoms with van der Waals surface area (Å²) in [5, 5.41) is 2.64. The molecule has 0 atom stereocenters. The van der Waals surface area contributed by atoms with Crippen LogP contribution in [0.3, 0.4) is 0 Å². The number of hydrogen-bond donors (Lipinski definition) is 2. The summed E-state index contributed by atoms with van der Waals surface area (Å²) in [6, 6.07) is 4.97. The first-order valence-electron chi connectivity index (χ1n) is 6.12. The summed E-state index contributed by atoms with van der Waals surface area (Å²) in [6.45, 7) is 4.31. The van der Waals surface area contributed by atoms with Crippen LogP contribution in [-0.2, 0) is 23.1 Å². The Morgan fingerprint density at radius 3 is 2.70 bits per heavy atom. The summed E-state index contributed by atoms with van der Waals surface area (Å²) in [4.78, 5) is 4.46. The van der Waals surface area contributed by atoms with Crippen molar-refractivity contribution >= 4 is 21.4 Å². The molecule has 0 unspecified atom stereocenters. The van der Waals surface area contributed by atoms with Crippen LogP contribution in [-0.4, -0.2) is 13.4 Å². The Kier molecular flexibility index (Phi) is 4.54. The number of sulfonamides is 1. The van der Waals surface area contributed by atoms with Gasteiger partial charge in [-0.15, -0.1) is 11.3 Å². The molecule has 7 heteroatoms. The number of hydrogen-bond acceptors (Lipinski definition) is 5. The second-order valence-electron chi connectivity index (χ2n) is 4.50. The van der Waals surface area contributed by atoms with E-state index in [-0.39, 0.29) is 11.4 Å². The highest BCUT2D eigenvalue weighted by atomic mass is 32.2. The third-order valence-corrected chi connectivity index (χ3v) is 5.30. The second kappa shape index (κ2) is 6.01. The average Bonchev–Trinajstić information content (AvgIpc) is 2.83. The molecule has 0 saturated heterocycles. The summed E-state index contributed by atoms with van der Waals surface area (Å²) in [5.74, 6) is 0. The van der Waals surface area contributed by atoms with Crippen LogP contribution in [0.2, 0.25) is 0 Å². The van der Waals surface area contributed by atoms with Gasteiger partial charge in [0, 0.05) is 17.6 Å². The van der Waals surface area contributed by atoms with Crippen molar-refractivity contribution in [2.24, 2.45) is 5.73 Å². The van der Waals surface area contributed by atoms with Crippen molar-refractivity contribution in [3.8, 4) is 0 Å². The van der Waals surface area contributed by atoms with Crippen LogP contribution in [0.15, 0.2) is 28.5 Å². The number of nitrogens with two attached hydrogens (primary N) is 1. The fraction of sp³-hybridized carbons (Fsp3) is 0.308. The highest BCUT2D eigenvalue weighted by molar-refractivity contribution is 7.89. The molecule has 2 aromatic rings. The predicted octanol–water partition coefficient (Wildman–Crippen LogP) is 1.70. The van der Waals surface area contributed by atoms with E-state index < -0.39 is 10.0 Å². The Labute approximate surface area is 122 Å². The molecule has 0 aliphatic carbocycles. The van der Waals surface area contributed by atoms with Gasteiger partial charge in [0.1, 0.15) is 5.01 Å². The molecular weight excluding hydrogens is 294 g/mol. The monoisotopic (exact) mass is 311 g/mol. The van der Waals surface area contributed by atoms with Crippen molar-refractivity contribution in [3.63, 3.8) is 0 Å². The molecule has 0 bridgehead atoms. The van der Waals surface area contributed by atoms with Gasteiger partial charge in [0.2, 0.25) is 10.0 Å². The third-order valence-electron chi connectivity index (χ3n) is 2.93. The number of aromatic nitrogens is 1. The predicted molar refractivity (Wildman–Crippen MR) is 79.9 cm³/mol. The largest absolute Gasteiger partial charge is 0.326 e. The van der Waals surface area contributed by atoms with E-state index in [0.29, 0.717) is 6.54 Å². The molecule has 0 aliphatic rings. The Hall–Kier alpha value is -1.28. The maximum Gasteiger partial charge on any atom is 0.240 e. The summed E-state index contributed by atoms with van der Waals surface area (Å²) >= 11 is 1.44. The number of aryl methyl sites for hydroxylation is 2. The number of thiazole rings is 1. The lowest BCUT2D eigenvalue weighted by Crippen LogP contribution is -2.23. The first-order valence-corrected chi connectivity index (χ1v) is 8.49. The highest BCUT2D eigenvalue weighted by Gasteiger charge is 2.15. The highest BCUT2D eigenvalue weighted by Crippen LogP contribution is 2.16. The number of nitrogens with one attached hydrogen (secondary N) is 1. The van der Waals surface area contributed by atoms with E-state index in [2.05, 4.69) is 9.71 Å². The van der Waals surface area contributed by atoms with Crippen molar-refractivity contribution in [1.29, 1.82) is 0 Å². The van der Waals surface area contributed by atoms with Crippen LogP contribution in [0.1, 0.15) is 21.8 Å². The van der Waals surface area contributed by atoms with E-state index in [9.17, 15) is 8.42 Å². The zero-order valence-corrected chi connectivity index (χ0v) is 13.0. The lowest BCUT2D eigenvalue weighted by atomic mass is 10.1. The Bertz CT molecular complexity index is 708. The molecular formula is C13H17N3O2S2. The van der Waals surface area contributed by atoms with E-state index in [1.54, 1.807) is 18.2 Å². The molecule has 2 rings (SSSR count). The van der Waals surface area contributed by atoms with Gasteiger partial charge < -0.3 is 5.73 Å². The standard InChI is InChI=1S/C13H17N3O2S2/c1-9-3-4-12(5-11(9)6-14)20(17,18)15-7-13-16-10(2)8-19-13/h3-5,8,15H,6-7,14H2,1-2H3. The van der Waals surface area contributed by atoms with E-state index >= 15 is 0 Å². The van der Waals surface area contributed by atoms with E-state index in [1.165, 1.54) is 11.3 Å². The van der Waals surface area contributed by atoms with Crippen LogP contribution in [0.5, 0.6) is 0 Å². The molecule has 20 heavy (non-hydrogen) atoms. The Balaban J connectivity index is 2.17. The topological polar surface area (TPSA) is 85.1 Å². The van der Waals surface area contributed by atoms with Crippen molar-refractivity contribution in [1.82, 2.24) is 9.71 Å². The minimum Gasteiger partial charge on any atom is -0.326 e. The molecule has 1 aromatic carbocycles. The van der Waals surface area contributed by atoms with Crippen LogP contribution in [0.25, 0.3) is 0 Å². The van der Waals surface area contributed by atoms with Crippen LogP contribution in [0, 0.1) is 13.8 Å². The van der Waals surface area contributed by atoms with Crippen molar-refractivity contribution in [2.75, 3.05) is 0 Å². The molecule has 1 aromatic heterocycles. The van der Waals surface area contributed by atoms with E-state index in [0.717, 1.165) is 21.8 Å². The zero-order valence-electron chi connectivity index (χ0n) is 11.4. The molecule has 3 N–H and O–H groups in total. The van der Waals surface area contributed by atoms with Crippen molar-refractivity contribution in [2.45, 2.75) is 31.8 Å². The maximum atomic E-state index is 12.2. The summed E-state index contributed by atoms with van der Waals surface area (Å²) < 4.78 is 27.0. The smallest absolute Gasteiger partial charge is 0.240 e. The van der Waals surface area contributed by atoms with Gasteiger partial charge in [-0.1, -0.05) is 6.07 Å². The summed E-state index contributed by atoms with van der Waals surface area (Å²) in [5.41, 5.74) is 8.32. The second-order valence-corrected chi connectivity index (χ2v) is 7.21. The fourth-order valence-corrected chi connectivity index (χ4v) is 3.60. The molecule has 108 valence electrons. The van der Waals surface area contributed by atoms with E-state index in [1.807, 2.05) is 19.2 Å². The minimum atomic E-state index is -3.54. The molecule has 0 radical (unpaired) electrons. The van der Waals surface area contributed by atoms with Gasteiger partial charge in [-0.3, -0.25) is 0 Å². The quantitative estimate of drug-likeness (QED) is 0.880. The fourth-order valence-electron chi connectivity index (χ4n) is 1.76. The first-order chi connectivity index (χ1) is 9.42. The minimum absolute atomic E-state index is 0.201. The SMILES string of the molecule is Cc1csc(CNS(=O)(=O)c2ccc(C)c(CN)c2)n1. The lowest BCUT2D eigenvalue weighted by molar-refractivity contribution is 0.581. The number of benzene rings is 1. The normalized spacial score (nSPS) is 11.8. The van der Waals surface area contributed by atoms with Gasteiger partial charge in [-0.25, -0.2) is 18.1 Å². The molecule has 0 aliphatic heterocycles. The van der Waals surface area contributed by atoms with Crippen LogP contribution >= 0.6 is 11.3 Å². The molecule has 1 heterocycles. The van der Waals surface area contributed by atoms with Crippen LogP contribution in [0.4, 0.5) is 0 Å². The average molecular weight is 311 g/mol. The van der Waals surface area contributed by atoms with Gasteiger partial charge in [0.25, 0.3) is 0 Å². The van der Waals surface area contributed by atoms with Gasteiger partial charge in [-0.05, 0) is 37.1 Å². The molecule has 0 amide bonds. The maximum absolute atomic E-state index is 12.2. The lowest BCUT2D eigenvalue weighted by Gasteiger charge is -2.08. The van der Waals surface area contributed by atoms with Crippen molar-refractivity contribution < 1.29 is 8.42 Å². The third kappa shape index (κ3) is 3.43. The first kappa shape index (κ1) is 15.1. The zero-order chi connectivity index (χ0) is 14.8. The number of rotatable bonds is 5. The van der Waals surface area contributed by atoms with E-state index in [4.69, 9.17) is 5.73 Å². The van der Waals surface area contributed by atoms with Gasteiger partial charge >= 0.3 is 0 Å². The van der Waals surface area contributed by atoms with Gasteiger partial charge in [0.15, 0.2) is 0 Å². The molecule has 5 nitrogen and oxygen atoms in total. The summed E-state index contributed by atoms with van der Waals surface area (Å²) in [6.07, 6.45) is 0. The Morgan fingerprint density at radius 2 is 2.10 bits per heavy atom. The number of nitrogens with zero attached hydrogens (tertiary/aromatic N) is 1. The van der Waals surface area contributed by atoms with Gasteiger partial charge in [-0.2, -0.15) is 0 Å². The molecule has 0 spiro atoms. The van der Waals surface area contributed by atoms with Gasteiger partial charge in [0.05, 0.1) is 11.4 Å².